The minimum absolute atomic E-state index is 0.142. The fraction of sp³-hybridized carbons (Fsp3) is 0.500. The molecule has 7 heteroatoms. The van der Waals surface area contributed by atoms with Crippen molar-refractivity contribution in [2.75, 3.05) is 0 Å². The monoisotopic (exact) mass is 263 g/mol. The standard InChI is InChI=1S/C12H17N5O2/c1-4-5-9-15-11(17-16-9)12(18)13-6-10-14-7(2)8(3)19-10/h4-6H2,1-3H3,(H,13,18)(H,15,16,17). The molecule has 0 fully saturated rings. The van der Waals surface area contributed by atoms with E-state index in [-0.39, 0.29) is 18.3 Å². The summed E-state index contributed by atoms with van der Waals surface area (Å²) in [5.74, 6) is 1.76. The summed E-state index contributed by atoms with van der Waals surface area (Å²) in [5.41, 5.74) is 0.826. The summed E-state index contributed by atoms with van der Waals surface area (Å²) in [4.78, 5) is 20.1. The molecule has 0 atom stereocenters. The number of amides is 1. The van der Waals surface area contributed by atoms with Gasteiger partial charge in [0.05, 0.1) is 12.2 Å². The molecule has 2 rings (SSSR count). The van der Waals surface area contributed by atoms with Gasteiger partial charge in [-0.05, 0) is 20.3 Å². The molecule has 2 heterocycles. The topological polar surface area (TPSA) is 96.7 Å². The van der Waals surface area contributed by atoms with Crippen molar-refractivity contribution in [3.63, 3.8) is 0 Å². The third kappa shape index (κ3) is 3.18. The fourth-order valence-corrected chi connectivity index (χ4v) is 1.60. The first-order valence-corrected chi connectivity index (χ1v) is 6.22. The highest BCUT2D eigenvalue weighted by molar-refractivity contribution is 5.90. The number of aromatic nitrogens is 4. The van der Waals surface area contributed by atoms with Gasteiger partial charge in [-0.25, -0.2) is 9.97 Å². The molecule has 0 aromatic carbocycles. The summed E-state index contributed by atoms with van der Waals surface area (Å²) in [6.07, 6.45) is 1.73. The molecule has 0 aliphatic carbocycles. The molecule has 0 saturated carbocycles. The minimum atomic E-state index is -0.341. The first kappa shape index (κ1) is 13.3. The van der Waals surface area contributed by atoms with Crippen LogP contribution >= 0.6 is 0 Å². The van der Waals surface area contributed by atoms with Crippen LogP contribution in [0.3, 0.4) is 0 Å². The van der Waals surface area contributed by atoms with E-state index in [1.54, 1.807) is 0 Å². The van der Waals surface area contributed by atoms with Gasteiger partial charge in [0, 0.05) is 6.42 Å². The van der Waals surface area contributed by atoms with E-state index in [4.69, 9.17) is 4.42 Å². The zero-order chi connectivity index (χ0) is 13.8. The van der Waals surface area contributed by atoms with Crippen LogP contribution in [-0.2, 0) is 13.0 Å². The normalized spacial score (nSPS) is 10.7. The van der Waals surface area contributed by atoms with Crippen molar-refractivity contribution in [3.8, 4) is 0 Å². The molecular formula is C12H17N5O2. The van der Waals surface area contributed by atoms with Gasteiger partial charge in [0.25, 0.3) is 5.91 Å². The van der Waals surface area contributed by atoms with Gasteiger partial charge < -0.3 is 9.73 Å². The van der Waals surface area contributed by atoms with Crippen LogP contribution in [-0.4, -0.2) is 26.1 Å². The van der Waals surface area contributed by atoms with Crippen molar-refractivity contribution >= 4 is 5.91 Å². The molecule has 2 N–H and O–H groups in total. The van der Waals surface area contributed by atoms with Gasteiger partial charge in [-0.15, -0.1) is 5.10 Å². The van der Waals surface area contributed by atoms with Crippen LogP contribution in [0.25, 0.3) is 0 Å². The van der Waals surface area contributed by atoms with Gasteiger partial charge in [-0.3, -0.25) is 9.89 Å². The zero-order valence-electron chi connectivity index (χ0n) is 11.3. The quantitative estimate of drug-likeness (QED) is 0.847. The third-order valence-corrected chi connectivity index (χ3v) is 2.69. The maximum atomic E-state index is 11.8. The number of hydrogen-bond acceptors (Lipinski definition) is 5. The first-order valence-electron chi connectivity index (χ1n) is 6.22. The summed E-state index contributed by atoms with van der Waals surface area (Å²) >= 11 is 0. The van der Waals surface area contributed by atoms with E-state index >= 15 is 0 Å². The number of hydrogen-bond donors (Lipinski definition) is 2. The number of oxazole rings is 1. The average Bonchev–Trinajstić information content (AvgIpc) is 2.95. The largest absolute Gasteiger partial charge is 0.444 e. The lowest BCUT2D eigenvalue weighted by Crippen LogP contribution is -2.24. The number of nitrogens with zero attached hydrogens (tertiary/aromatic N) is 3. The molecule has 2 aromatic heterocycles. The van der Waals surface area contributed by atoms with Crippen LogP contribution in [0.15, 0.2) is 4.42 Å². The van der Waals surface area contributed by atoms with Crippen molar-refractivity contribution in [2.24, 2.45) is 0 Å². The Morgan fingerprint density at radius 1 is 1.37 bits per heavy atom. The second kappa shape index (κ2) is 5.64. The Balaban J connectivity index is 1.93. The molecule has 102 valence electrons. The van der Waals surface area contributed by atoms with Crippen LogP contribution in [0, 0.1) is 13.8 Å². The van der Waals surface area contributed by atoms with Crippen molar-refractivity contribution in [1.82, 2.24) is 25.5 Å². The summed E-state index contributed by atoms with van der Waals surface area (Å²) in [5, 5.41) is 9.28. The number of carbonyl (C=O) groups is 1. The SMILES string of the molecule is CCCc1nc(C(=O)NCc2nc(C)c(C)o2)n[nH]1. The molecule has 0 spiro atoms. The molecule has 7 nitrogen and oxygen atoms in total. The van der Waals surface area contributed by atoms with Crippen LogP contribution in [0.2, 0.25) is 0 Å². The van der Waals surface area contributed by atoms with Crippen LogP contribution in [0.4, 0.5) is 0 Å². The van der Waals surface area contributed by atoms with Gasteiger partial charge in [0.2, 0.25) is 11.7 Å². The molecule has 0 aliphatic rings. The molecule has 2 aromatic rings. The van der Waals surface area contributed by atoms with Gasteiger partial charge >= 0.3 is 0 Å². The van der Waals surface area contributed by atoms with Gasteiger partial charge in [0.15, 0.2) is 0 Å². The highest BCUT2D eigenvalue weighted by Crippen LogP contribution is 2.07. The summed E-state index contributed by atoms with van der Waals surface area (Å²) in [6, 6.07) is 0. The summed E-state index contributed by atoms with van der Waals surface area (Å²) < 4.78 is 5.37. The number of aromatic amines is 1. The maximum absolute atomic E-state index is 11.8. The average molecular weight is 263 g/mol. The summed E-state index contributed by atoms with van der Waals surface area (Å²) in [6.45, 7) is 5.96. The molecule has 0 saturated heterocycles. The predicted octanol–water partition coefficient (Wildman–Crippen LogP) is 1.29. The second-order valence-corrected chi connectivity index (χ2v) is 4.29. The molecular weight excluding hydrogens is 246 g/mol. The van der Waals surface area contributed by atoms with Crippen LogP contribution in [0.5, 0.6) is 0 Å². The molecule has 19 heavy (non-hydrogen) atoms. The fourth-order valence-electron chi connectivity index (χ4n) is 1.60. The van der Waals surface area contributed by atoms with Crippen molar-refractivity contribution in [2.45, 2.75) is 40.2 Å². The highest BCUT2D eigenvalue weighted by Gasteiger charge is 2.13. The first-order chi connectivity index (χ1) is 9.10. The van der Waals surface area contributed by atoms with Crippen molar-refractivity contribution in [3.05, 3.63) is 29.0 Å². The van der Waals surface area contributed by atoms with Crippen LogP contribution < -0.4 is 5.32 Å². The van der Waals surface area contributed by atoms with E-state index in [0.717, 1.165) is 30.1 Å². The van der Waals surface area contributed by atoms with E-state index in [1.165, 1.54) is 0 Å². The van der Waals surface area contributed by atoms with Gasteiger partial charge in [0.1, 0.15) is 11.6 Å². The lowest BCUT2D eigenvalue weighted by Gasteiger charge is -1.97. The lowest BCUT2D eigenvalue weighted by atomic mass is 10.3. The minimum Gasteiger partial charge on any atom is -0.444 e. The molecule has 0 aliphatic heterocycles. The Morgan fingerprint density at radius 2 is 2.16 bits per heavy atom. The van der Waals surface area contributed by atoms with Crippen molar-refractivity contribution in [1.29, 1.82) is 0 Å². The molecule has 1 amide bonds. The second-order valence-electron chi connectivity index (χ2n) is 4.29. The smallest absolute Gasteiger partial charge is 0.291 e. The predicted molar refractivity (Wildman–Crippen MR) is 67.5 cm³/mol. The Bertz CT molecular complexity index is 553. The molecule has 0 bridgehead atoms. The zero-order valence-corrected chi connectivity index (χ0v) is 11.3. The Labute approximate surface area is 110 Å². The number of rotatable bonds is 5. The Morgan fingerprint density at radius 3 is 2.79 bits per heavy atom. The van der Waals surface area contributed by atoms with E-state index < -0.39 is 0 Å². The Kier molecular flexibility index (Phi) is 3.94. The van der Waals surface area contributed by atoms with E-state index in [9.17, 15) is 4.79 Å². The third-order valence-electron chi connectivity index (χ3n) is 2.69. The number of aryl methyl sites for hydroxylation is 3. The lowest BCUT2D eigenvalue weighted by molar-refractivity contribution is 0.0937. The highest BCUT2D eigenvalue weighted by atomic mass is 16.4. The summed E-state index contributed by atoms with van der Waals surface area (Å²) in [7, 11) is 0. The Hall–Kier alpha value is -2.18. The van der Waals surface area contributed by atoms with Crippen molar-refractivity contribution < 1.29 is 9.21 Å². The van der Waals surface area contributed by atoms with Gasteiger partial charge in [-0.1, -0.05) is 6.92 Å². The number of H-pyrrole nitrogens is 1. The van der Waals surface area contributed by atoms with Gasteiger partial charge in [-0.2, -0.15) is 0 Å². The number of carbonyl (C=O) groups excluding carboxylic acids is 1. The molecule has 0 unspecified atom stereocenters. The van der Waals surface area contributed by atoms with E-state index in [0.29, 0.717) is 5.89 Å². The number of nitrogens with one attached hydrogen (secondary N) is 2. The maximum Gasteiger partial charge on any atom is 0.291 e. The van der Waals surface area contributed by atoms with E-state index in [2.05, 4.69) is 25.5 Å². The van der Waals surface area contributed by atoms with E-state index in [1.807, 2.05) is 20.8 Å². The molecule has 0 radical (unpaired) electrons. The van der Waals surface area contributed by atoms with Crippen LogP contribution in [0.1, 0.15) is 47.1 Å².